The summed E-state index contributed by atoms with van der Waals surface area (Å²) in [6.45, 7) is 4.20. The van der Waals surface area contributed by atoms with Gasteiger partial charge in [-0.05, 0) is 18.4 Å². The normalized spacial score (nSPS) is 14.0. The molecule has 0 bridgehead atoms. The summed E-state index contributed by atoms with van der Waals surface area (Å²) in [7, 11) is 4.00. The van der Waals surface area contributed by atoms with E-state index in [1.807, 2.05) is 23.9 Å². The quantitative estimate of drug-likeness (QED) is 0.942. The van der Waals surface area contributed by atoms with E-state index in [4.69, 9.17) is 0 Å². The third-order valence-electron chi connectivity index (χ3n) is 3.85. The molecule has 0 saturated carbocycles. The largest absolute Gasteiger partial charge is 0.362 e. The Balaban J connectivity index is 1.91. The number of hydrogen-bond donors (Lipinski definition) is 1. The van der Waals surface area contributed by atoms with E-state index < -0.39 is 0 Å². The highest BCUT2D eigenvalue weighted by Gasteiger charge is 2.26. The van der Waals surface area contributed by atoms with Crippen LogP contribution in [0.2, 0.25) is 0 Å². The molecule has 118 valence electrons. The number of carbonyl (C=O) groups is 1. The second-order valence-corrected chi connectivity index (χ2v) is 6.76. The van der Waals surface area contributed by atoms with Crippen molar-refractivity contribution in [3.8, 4) is 0 Å². The summed E-state index contributed by atoms with van der Waals surface area (Å²) in [6, 6.07) is 0.0314. The minimum absolute atomic E-state index is 0.0314. The van der Waals surface area contributed by atoms with Crippen LogP contribution in [0.5, 0.6) is 0 Å². The molecule has 0 unspecified atom stereocenters. The molecule has 2 amide bonds. The van der Waals surface area contributed by atoms with Crippen LogP contribution in [-0.2, 0) is 13.0 Å². The van der Waals surface area contributed by atoms with Gasteiger partial charge in [-0.15, -0.1) is 11.3 Å². The molecule has 0 atom stereocenters. The number of nitrogens with zero attached hydrogens (tertiary/aromatic N) is 4. The van der Waals surface area contributed by atoms with E-state index in [9.17, 15) is 4.79 Å². The third kappa shape index (κ3) is 2.61. The van der Waals surface area contributed by atoms with Gasteiger partial charge in [0.2, 0.25) is 0 Å². The number of thiophene rings is 1. The maximum Gasteiger partial charge on any atom is 0.317 e. The van der Waals surface area contributed by atoms with Crippen molar-refractivity contribution >= 4 is 33.4 Å². The van der Waals surface area contributed by atoms with Crippen LogP contribution in [0.4, 0.5) is 10.6 Å². The average molecular weight is 319 g/mol. The Morgan fingerprint density at radius 1 is 1.45 bits per heavy atom. The van der Waals surface area contributed by atoms with Gasteiger partial charge in [-0.2, -0.15) is 0 Å². The van der Waals surface area contributed by atoms with Gasteiger partial charge in [0.1, 0.15) is 17.0 Å². The molecule has 2 aromatic rings. The maximum atomic E-state index is 12.1. The van der Waals surface area contributed by atoms with Crippen molar-refractivity contribution in [1.82, 2.24) is 20.2 Å². The Morgan fingerprint density at radius 3 is 3.00 bits per heavy atom. The summed E-state index contributed by atoms with van der Waals surface area (Å²) in [5.74, 6) is 0.964. The lowest BCUT2D eigenvalue weighted by molar-refractivity contribution is 0.193. The highest BCUT2D eigenvalue weighted by molar-refractivity contribution is 7.19. The molecule has 0 saturated heterocycles. The molecule has 3 rings (SSSR count). The molecular formula is C15H21N5OS. The van der Waals surface area contributed by atoms with Gasteiger partial charge in [0.25, 0.3) is 0 Å². The molecule has 22 heavy (non-hydrogen) atoms. The Kier molecular flexibility index (Phi) is 4.15. The number of amides is 2. The standard InChI is InChI=1S/C15H21N5OS/c1-4-6-16-15(21)20-7-5-10-11(8-20)22-14-12(10)13(19(2)3)17-9-18-14/h9H,4-8H2,1-3H3,(H,16,21). The number of urea groups is 1. The molecule has 7 heteroatoms. The zero-order chi connectivity index (χ0) is 15.7. The fourth-order valence-electron chi connectivity index (χ4n) is 2.77. The van der Waals surface area contributed by atoms with E-state index in [0.717, 1.165) is 42.0 Å². The zero-order valence-corrected chi connectivity index (χ0v) is 14.0. The first-order chi connectivity index (χ1) is 10.6. The van der Waals surface area contributed by atoms with Crippen LogP contribution in [0.3, 0.4) is 0 Å². The van der Waals surface area contributed by atoms with Gasteiger partial charge in [-0.3, -0.25) is 0 Å². The molecule has 0 aromatic carbocycles. The lowest BCUT2D eigenvalue weighted by Gasteiger charge is -2.27. The smallest absolute Gasteiger partial charge is 0.317 e. The fourth-order valence-corrected chi connectivity index (χ4v) is 3.96. The number of anilines is 1. The molecule has 1 aliphatic heterocycles. The molecular weight excluding hydrogens is 298 g/mol. The van der Waals surface area contributed by atoms with Crippen LogP contribution < -0.4 is 10.2 Å². The first kappa shape index (κ1) is 15.0. The van der Waals surface area contributed by atoms with E-state index in [1.165, 1.54) is 10.4 Å². The van der Waals surface area contributed by atoms with Crippen molar-refractivity contribution in [2.75, 3.05) is 32.1 Å². The minimum Gasteiger partial charge on any atom is -0.362 e. The van der Waals surface area contributed by atoms with E-state index in [2.05, 4.69) is 22.2 Å². The van der Waals surface area contributed by atoms with E-state index in [1.54, 1.807) is 17.7 Å². The summed E-state index contributed by atoms with van der Waals surface area (Å²) in [5, 5.41) is 4.11. The number of fused-ring (bicyclic) bond motifs is 3. The van der Waals surface area contributed by atoms with E-state index in [0.29, 0.717) is 6.54 Å². The molecule has 0 spiro atoms. The summed E-state index contributed by atoms with van der Waals surface area (Å²) < 4.78 is 0. The van der Waals surface area contributed by atoms with Gasteiger partial charge in [-0.1, -0.05) is 6.92 Å². The van der Waals surface area contributed by atoms with Gasteiger partial charge in [-0.25, -0.2) is 14.8 Å². The fraction of sp³-hybridized carbons (Fsp3) is 0.533. The first-order valence-corrected chi connectivity index (χ1v) is 8.38. The summed E-state index contributed by atoms with van der Waals surface area (Å²) in [5.41, 5.74) is 1.31. The highest BCUT2D eigenvalue weighted by Crippen LogP contribution is 2.37. The van der Waals surface area contributed by atoms with Crippen molar-refractivity contribution in [2.45, 2.75) is 26.3 Å². The van der Waals surface area contributed by atoms with Crippen molar-refractivity contribution < 1.29 is 4.79 Å². The van der Waals surface area contributed by atoms with E-state index in [-0.39, 0.29) is 6.03 Å². The Bertz CT molecular complexity index is 697. The number of aromatic nitrogens is 2. The lowest BCUT2D eigenvalue weighted by atomic mass is 10.1. The number of nitrogens with one attached hydrogen (secondary N) is 1. The van der Waals surface area contributed by atoms with Crippen molar-refractivity contribution in [3.63, 3.8) is 0 Å². The van der Waals surface area contributed by atoms with Crippen molar-refractivity contribution in [3.05, 3.63) is 16.8 Å². The number of carbonyl (C=O) groups excluding carboxylic acids is 1. The topological polar surface area (TPSA) is 61.4 Å². The molecule has 2 aromatic heterocycles. The molecule has 3 heterocycles. The second-order valence-electron chi connectivity index (χ2n) is 5.68. The number of hydrogen-bond acceptors (Lipinski definition) is 5. The SMILES string of the molecule is CCCNC(=O)N1CCc2c(sc3ncnc(N(C)C)c23)C1. The van der Waals surface area contributed by atoms with Crippen LogP contribution in [-0.4, -0.2) is 48.1 Å². The Labute approximate surface area is 134 Å². The van der Waals surface area contributed by atoms with Crippen LogP contribution >= 0.6 is 11.3 Å². The van der Waals surface area contributed by atoms with Gasteiger partial charge < -0.3 is 15.1 Å². The molecule has 1 aliphatic rings. The van der Waals surface area contributed by atoms with Crippen LogP contribution in [0.1, 0.15) is 23.8 Å². The average Bonchev–Trinajstić information content (AvgIpc) is 2.89. The molecule has 0 aliphatic carbocycles. The lowest BCUT2D eigenvalue weighted by Crippen LogP contribution is -2.42. The Hall–Kier alpha value is -1.89. The predicted octanol–water partition coefficient (Wildman–Crippen LogP) is 2.24. The summed E-state index contributed by atoms with van der Waals surface area (Å²) in [6.07, 6.45) is 3.43. The minimum atomic E-state index is 0.0314. The van der Waals surface area contributed by atoms with Gasteiger partial charge in [0.05, 0.1) is 11.9 Å². The second kappa shape index (κ2) is 6.08. The van der Waals surface area contributed by atoms with Crippen LogP contribution in [0.15, 0.2) is 6.33 Å². The van der Waals surface area contributed by atoms with Gasteiger partial charge in [0.15, 0.2) is 0 Å². The summed E-state index contributed by atoms with van der Waals surface area (Å²) >= 11 is 1.68. The monoisotopic (exact) mass is 319 g/mol. The van der Waals surface area contributed by atoms with Gasteiger partial charge in [0, 0.05) is 32.1 Å². The summed E-state index contributed by atoms with van der Waals surface area (Å²) in [4.78, 5) is 27.1. The van der Waals surface area contributed by atoms with Gasteiger partial charge >= 0.3 is 6.03 Å². The maximum absolute atomic E-state index is 12.1. The highest BCUT2D eigenvalue weighted by atomic mass is 32.1. The zero-order valence-electron chi connectivity index (χ0n) is 13.2. The molecule has 0 radical (unpaired) electrons. The van der Waals surface area contributed by atoms with Crippen molar-refractivity contribution in [1.29, 1.82) is 0 Å². The molecule has 1 N–H and O–H groups in total. The van der Waals surface area contributed by atoms with Crippen molar-refractivity contribution in [2.24, 2.45) is 0 Å². The molecule has 0 fully saturated rings. The van der Waals surface area contributed by atoms with Crippen LogP contribution in [0.25, 0.3) is 10.2 Å². The molecule has 6 nitrogen and oxygen atoms in total. The Morgan fingerprint density at radius 2 is 2.27 bits per heavy atom. The first-order valence-electron chi connectivity index (χ1n) is 7.57. The van der Waals surface area contributed by atoms with E-state index >= 15 is 0 Å². The van der Waals surface area contributed by atoms with Crippen LogP contribution in [0, 0.1) is 0 Å². The predicted molar refractivity (Wildman–Crippen MR) is 89.5 cm³/mol. The third-order valence-corrected chi connectivity index (χ3v) is 4.98. The number of rotatable bonds is 3.